The molecule has 77 heavy (non-hydrogen) atoms. The average molecular weight is 1080 g/mol. The maximum atomic E-state index is 13.6. The van der Waals surface area contributed by atoms with Crippen molar-refractivity contribution in [2.45, 2.75) is 285 Å². The number of carbonyl (C=O) groups is 2. The molecule has 0 bridgehead atoms. The van der Waals surface area contributed by atoms with Crippen LogP contribution in [-0.2, 0) is 9.47 Å². The minimum Gasteiger partial charge on any atom is -0.490 e. The van der Waals surface area contributed by atoms with Gasteiger partial charge in [-0.05, 0) is 62.1 Å². The first kappa shape index (κ1) is 69.6. The molecule has 0 radical (unpaired) electrons. The predicted molar refractivity (Wildman–Crippen MR) is 319 cm³/mol. The molecule has 0 aliphatic heterocycles. The molecule has 10 nitrogen and oxygen atoms in total. The third kappa shape index (κ3) is 35.7. The second-order valence-corrected chi connectivity index (χ2v) is 22.4. The van der Waals surface area contributed by atoms with Crippen LogP contribution >= 0.6 is 0 Å². The fraction of sp³-hybridized carbons (Fsp3) is 0.791. The van der Waals surface area contributed by atoms with Crippen molar-refractivity contribution in [3.63, 3.8) is 0 Å². The molecule has 0 atom stereocenters. The largest absolute Gasteiger partial charge is 0.490 e. The molecule has 0 aliphatic rings. The zero-order chi connectivity index (χ0) is 55.5. The first-order valence-corrected chi connectivity index (χ1v) is 32.2. The maximum absolute atomic E-state index is 13.6. The number of hydrogen-bond acceptors (Lipinski definition) is 10. The van der Waals surface area contributed by atoms with E-state index in [1.807, 2.05) is 0 Å². The van der Waals surface area contributed by atoms with Gasteiger partial charge in [-0.2, -0.15) is 0 Å². The lowest BCUT2D eigenvalue weighted by molar-refractivity contribution is -0.0523. The third-order valence-electron chi connectivity index (χ3n) is 15.1. The topological polar surface area (TPSA) is 130 Å². The van der Waals surface area contributed by atoms with Gasteiger partial charge >= 0.3 is 11.9 Å². The molecule has 0 heterocycles. The summed E-state index contributed by atoms with van der Waals surface area (Å²) >= 11 is 0. The van der Waals surface area contributed by atoms with Crippen molar-refractivity contribution >= 4 is 11.9 Å². The molecular weight excluding hydrogens is 965 g/mol. The summed E-state index contributed by atoms with van der Waals surface area (Å²) in [7, 11) is 0. The number of aliphatic hydroxyl groups is 2. The van der Waals surface area contributed by atoms with Gasteiger partial charge in [-0.25, -0.2) is 9.59 Å². The van der Waals surface area contributed by atoms with Crippen LogP contribution in [0.5, 0.6) is 23.0 Å². The molecule has 2 aromatic rings. The number of ether oxygens (including phenoxy) is 6. The summed E-state index contributed by atoms with van der Waals surface area (Å²) in [5.41, 5.74) is -0.917. The second-order valence-electron chi connectivity index (χ2n) is 22.4. The van der Waals surface area contributed by atoms with E-state index in [-0.39, 0.29) is 24.3 Å². The van der Waals surface area contributed by atoms with E-state index in [1.54, 1.807) is 36.4 Å². The zero-order valence-corrected chi connectivity index (χ0v) is 50.1. The van der Waals surface area contributed by atoms with Crippen LogP contribution in [0.15, 0.2) is 36.4 Å². The van der Waals surface area contributed by atoms with Gasteiger partial charge in [0.2, 0.25) is 0 Å². The lowest BCUT2D eigenvalue weighted by Crippen LogP contribution is -2.41. The van der Waals surface area contributed by atoms with E-state index in [2.05, 4.69) is 27.7 Å². The Morgan fingerprint density at radius 2 is 0.545 bits per heavy atom. The summed E-state index contributed by atoms with van der Waals surface area (Å²) in [6, 6.07) is 10.2. The van der Waals surface area contributed by atoms with E-state index in [0.717, 1.165) is 51.4 Å². The SMILES string of the molecule is CCCCCCCCCCCCOc1ccc(C(=O)OCC(CO)(CO)COC(=O)c2ccc(OCCCCCCCCCCCC)c(OCCCCCCCCCCCC)c2)cc1OCCCCCCCCCCCC. The van der Waals surface area contributed by atoms with Crippen LogP contribution in [0, 0.1) is 5.41 Å². The second kappa shape index (κ2) is 49.5. The Morgan fingerprint density at radius 3 is 0.779 bits per heavy atom. The van der Waals surface area contributed by atoms with Crippen molar-refractivity contribution in [1.29, 1.82) is 0 Å². The summed E-state index contributed by atoms with van der Waals surface area (Å²) in [5, 5.41) is 21.1. The molecule has 2 aromatic carbocycles. The quantitative estimate of drug-likeness (QED) is 0.0488. The number of rotatable bonds is 56. The molecule has 2 N–H and O–H groups in total. The highest BCUT2D eigenvalue weighted by molar-refractivity contribution is 5.91. The van der Waals surface area contributed by atoms with Crippen molar-refractivity contribution in [2.24, 2.45) is 5.41 Å². The fourth-order valence-corrected chi connectivity index (χ4v) is 9.70. The highest BCUT2D eigenvalue weighted by Gasteiger charge is 2.34. The van der Waals surface area contributed by atoms with E-state index in [1.165, 1.54) is 205 Å². The van der Waals surface area contributed by atoms with E-state index in [0.29, 0.717) is 49.4 Å². The molecule has 0 spiro atoms. The Hall–Kier alpha value is -3.50. The molecule has 0 aromatic heterocycles. The van der Waals surface area contributed by atoms with Crippen molar-refractivity contribution in [1.82, 2.24) is 0 Å². The van der Waals surface area contributed by atoms with Crippen molar-refractivity contribution in [3.05, 3.63) is 47.5 Å². The van der Waals surface area contributed by atoms with Gasteiger partial charge in [-0.15, -0.1) is 0 Å². The molecule has 444 valence electrons. The third-order valence-corrected chi connectivity index (χ3v) is 15.1. The van der Waals surface area contributed by atoms with Gasteiger partial charge < -0.3 is 38.6 Å². The monoisotopic (exact) mass is 1080 g/mol. The Kier molecular flexibility index (Phi) is 44.8. The van der Waals surface area contributed by atoms with Crippen molar-refractivity contribution in [2.75, 3.05) is 52.9 Å². The van der Waals surface area contributed by atoms with Gasteiger partial charge in [0.05, 0.1) is 56.2 Å². The van der Waals surface area contributed by atoms with Crippen LogP contribution in [-0.4, -0.2) is 75.0 Å². The summed E-state index contributed by atoms with van der Waals surface area (Å²) in [5.74, 6) is 0.883. The van der Waals surface area contributed by atoms with Crippen LogP contribution in [0.2, 0.25) is 0 Å². The van der Waals surface area contributed by atoms with Gasteiger partial charge in [0.15, 0.2) is 23.0 Å². The zero-order valence-electron chi connectivity index (χ0n) is 50.1. The van der Waals surface area contributed by atoms with Crippen LogP contribution in [0.25, 0.3) is 0 Å². The van der Waals surface area contributed by atoms with Crippen LogP contribution in [0.4, 0.5) is 0 Å². The molecule has 0 saturated carbocycles. The lowest BCUT2D eigenvalue weighted by atomic mass is 9.92. The molecule has 0 amide bonds. The Labute approximate surface area is 471 Å². The molecule has 0 aliphatic carbocycles. The number of carbonyl (C=O) groups excluding carboxylic acids is 2. The molecule has 0 saturated heterocycles. The molecular formula is C67H116O10. The first-order chi connectivity index (χ1) is 37.9. The van der Waals surface area contributed by atoms with E-state index >= 15 is 0 Å². The minimum absolute atomic E-state index is 0.261. The van der Waals surface area contributed by atoms with Gasteiger partial charge in [-0.1, -0.05) is 259 Å². The minimum atomic E-state index is -1.44. The van der Waals surface area contributed by atoms with Crippen LogP contribution < -0.4 is 18.9 Å². The Bertz CT molecular complexity index is 1560. The van der Waals surface area contributed by atoms with Gasteiger partial charge in [0, 0.05) is 0 Å². The summed E-state index contributed by atoms with van der Waals surface area (Å²) < 4.78 is 36.5. The predicted octanol–water partition coefficient (Wildman–Crippen LogP) is 18.9. The van der Waals surface area contributed by atoms with Gasteiger partial charge in [0.25, 0.3) is 0 Å². The number of benzene rings is 2. The number of hydrogen-bond donors (Lipinski definition) is 2. The van der Waals surface area contributed by atoms with E-state index < -0.39 is 30.6 Å². The molecule has 2 rings (SSSR count). The smallest absolute Gasteiger partial charge is 0.338 e. The lowest BCUT2D eigenvalue weighted by Gasteiger charge is -2.28. The van der Waals surface area contributed by atoms with Crippen LogP contribution in [0.1, 0.15) is 305 Å². The van der Waals surface area contributed by atoms with Crippen molar-refractivity contribution in [3.8, 4) is 23.0 Å². The summed E-state index contributed by atoms with van der Waals surface area (Å²) in [6.45, 7) is 9.24. The fourth-order valence-electron chi connectivity index (χ4n) is 9.70. The van der Waals surface area contributed by atoms with Crippen LogP contribution in [0.3, 0.4) is 0 Å². The normalized spacial score (nSPS) is 11.5. The van der Waals surface area contributed by atoms with Crippen molar-refractivity contribution < 1.29 is 48.2 Å². The highest BCUT2D eigenvalue weighted by atomic mass is 16.6. The highest BCUT2D eigenvalue weighted by Crippen LogP contribution is 2.32. The van der Waals surface area contributed by atoms with E-state index in [9.17, 15) is 19.8 Å². The standard InChI is InChI=1S/C67H116O10/c1-5-9-13-17-21-25-29-33-37-41-49-72-61-47-45-59(53-63(61)74-51-43-39-35-31-27-23-19-15-11-7-3)65(70)76-57-67(55-68,56-69)58-77-66(71)60-46-48-62(73-50-42-38-34-30-26-22-18-14-10-6-2)64(54-60)75-52-44-40-36-32-28-24-20-16-12-8-4/h45-48,53-54,68-69H,5-44,49-52,55-58H2,1-4H3. The number of aliphatic hydroxyl groups excluding tert-OH is 2. The first-order valence-electron chi connectivity index (χ1n) is 32.2. The summed E-state index contributed by atoms with van der Waals surface area (Å²) in [6.07, 6.45) is 49.3. The number of esters is 2. The van der Waals surface area contributed by atoms with E-state index in [4.69, 9.17) is 28.4 Å². The Morgan fingerprint density at radius 1 is 0.325 bits per heavy atom. The molecule has 0 unspecified atom stereocenters. The maximum Gasteiger partial charge on any atom is 0.338 e. The molecule has 0 fully saturated rings. The van der Waals surface area contributed by atoms with Gasteiger partial charge in [0.1, 0.15) is 13.2 Å². The van der Waals surface area contributed by atoms with Gasteiger partial charge in [-0.3, -0.25) is 0 Å². The molecule has 10 heteroatoms. The number of unbranched alkanes of at least 4 members (excludes halogenated alkanes) is 36. The Balaban J connectivity index is 2.03. The average Bonchev–Trinajstić information content (AvgIpc) is 3.45. The summed E-state index contributed by atoms with van der Waals surface area (Å²) in [4.78, 5) is 27.3.